The van der Waals surface area contributed by atoms with Gasteiger partial charge in [-0.05, 0) is 31.5 Å². The Morgan fingerprint density at radius 1 is 1.22 bits per heavy atom. The maximum Gasteiger partial charge on any atom is 0.251 e. The first-order valence-electron chi connectivity index (χ1n) is 5.93. The minimum absolute atomic E-state index is 0.0604. The van der Waals surface area contributed by atoms with Gasteiger partial charge in [-0.2, -0.15) is 0 Å². The summed E-state index contributed by atoms with van der Waals surface area (Å²) < 4.78 is 10.6. The van der Waals surface area contributed by atoms with Crippen LogP contribution in [0.3, 0.4) is 0 Å². The van der Waals surface area contributed by atoms with Gasteiger partial charge in [0.15, 0.2) is 11.5 Å². The first-order valence-corrected chi connectivity index (χ1v) is 5.93. The zero-order valence-corrected chi connectivity index (χ0v) is 9.86. The highest BCUT2D eigenvalue weighted by Gasteiger charge is 2.15. The number of nitrogens with two attached hydrogens (primary N) is 1. The highest BCUT2D eigenvalue weighted by atomic mass is 16.7. The molecule has 1 aromatic carbocycles. The molecule has 0 saturated carbocycles. The third-order valence-electron chi connectivity index (χ3n) is 3.06. The quantitative estimate of drug-likeness (QED) is 0.851. The Kier molecular flexibility index (Phi) is 2.68. The van der Waals surface area contributed by atoms with E-state index in [-0.39, 0.29) is 12.4 Å². The van der Waals surface area contributed by atoms with Crippen molar-refractivity contribution in [1.29, 1.82) is 0 Å². The molecule has 1 aliphatic heterocycles. The second kappa shape index (κ2) is 4.34. The smallest absolute Gasteiger partial charge is 0.251 e. The number of aromatic nitrogens is 1. The maximum atomic E-state index is 11.9. The molecule has 0 fully saturated rings. The highest BCUT2D eigenvalue weighted by molar-refractivity contribution is 5.83. The fourth-order valence-electron chi connectivity index (χ4n) is 2.12. The Morgan fingerprint density at radius 2 is 2.00 bits per heavy atom. The Labute approximate surface area is 104 Å². The summed E-state index contributed by atoms with van der Waals surface area (Å²) in [4.78, 5) is 14.7. The molecule has 0 bridgehead atoms. The van der Waals surface area contributed by atoms with Gasteiger partial charge < -0.3 is 20.2 Å². The summed E-state index contributed by atoms with van der Waals surface area (Å²) in [5, 5.41) is 0.950. The number of benzene rings is 1. The lowest BCUT2D eigenvalue weighted by molar-refractivity contribution is 0.174. The SMILES string of the molecule is NCCCc1cc2cc3c(cc2[nH]c1=O)OCO3. The van der Waals surface area contributed by atoms with E-state index in [1.54, 1.807) is 6.07 Å². The van der Waals surface area contributed by atoms with Gasteiger partial charge in [-0.1, -0.05) is 0 Å². The van der Waals surface area contributed by atoms with Crippen LogP contribution in [0.15, 0.2) is 23.0 Å². The van der Waals surface area contributed by atoms with E-state index in [0.717, 1.165) is 28.6 Å². The van der Waals surface area contributed by atoms with Gasteiger partial charge in [0.2, 0.25) is 6.79 Å². The third kappa shape index (κ3) is 1.82. The van der Waals surface area contributed by atoms with Crippen molar-refractivity contribution in [3.05, 3.63) is 34.1 Å². The standard InChI is InChI=1S/C13H14N2O3/c14-3-1-2-8-4-9-5-11-12(18-7-17-11)6-10(9)15-13(8)16/h4-6H,1-3,7,14H2,(H,15,16). The van der Waals surface area contributed by atoms with Crippen LogP contribution in [0.4, 0.5) is 0 Å². The molecule has 0 saturated heterocycles. The Bertz CT molecular complexity index is 648. The minimum Gasteiger partial charge on any atom is -0.454 e. The van der Waals surface area contributed by atoms with Crippen LogP contribution in [-0.4, -0.2) is 18.3 Å². The molecule has 3 rings (SSSR count). The Hall–Kier alpha value is -2.01. The first kappa shape index (κ1) is 11.1. The van der Waals surface area contributed by atoms with E-state index in [0.29, 0.717) is 18.7 Å². The van der Waals surface area contributed by atoms with E-state index in [1.807, 2.05) is 12.1 Å². The van der Waals surface area contributed by atoms with Crippen LogP contribution in [0.25, 0.3) is 10.9 Å². The summed E-state index contributed by atoms with van der Waals surface area (Å²) in [5.74, 6) is 1.40. The van der Waals surface area contributed by atoms with Gasteiger partial charge in [0.25, 0.3) is 5.56 Å². The van der Waals surface area contributed by atoms with E-state index in [4.69, 9.17) is 15.2 Å². The number of nitrogens with one attached hydrogen (secondary N) is 1. The summed E-state index contributed by atoms with van der Waals surface area (Å²) in [7, 11) is 0. The average Bonchev–Trinajstić information content (AvgIpc) is 2.80. The summed E-state index contributed by atoms with van der Waals surface area (Å²) in [6, 6.07) is 5.58. The van der Waals surface area contributed by atoms with E-state index in [1.165, 1.54) is 0 Å². The molecule has 1 aromatic heterocycles. The largest absolute Gasteiger partial charge is 0.454 e. The van der Waals surface area contributed by atoms with Crippen molar-refractivity contribution in [3.63, 3.8) is 0 Å². The van der Waals surface area contributed by atoms with E-state index in [2.05, 4.69) is 4.98 Å². The van der Waals surface area contributed by atoms with Gasteiger partial charge in [0, 0.05) is 17.0 Å². The molecule has 0 aliphatic carbocycles. The van der Waals surface area contributed by atoms with Crippen LogP contribution in [0.1, 0.15) is 12.0 Å². The van der Waals surface area contributed by atoms with Crippen LogP contribution >= 0.6 is 0 Å². The van der Waals surface area contributed by atoms with E-state index >= 15 is 0 Å². The van der Waals surface area contributed by atoms with Crippen molar-refractivity contribution >= 4 is 10.9 Å². The third-order valence-corrected chi connectivity index (χ3v) is 3.06. The number of aryl methyl sites for hydroxylation is 1. The average molecular weight is 246 g/mol. The van der Waals surface area contributed by atoms with Gasteiger partial charge in [-0.25, -0.2) is 0 Å². The van der Waals surface area contributed by atoms with Crippen LogP contribution in [0.2, 0.25) is 0 Å². The zero-order chi connectivity index (χ0) is 12.5. The number of fused-ring (bicyclic) bond motifs is 2. The van der Waals surface area contributed by atoms with Crippen molar-refractivity contribution in [2.45, 2.75) is 12.8 Å². The lowest BCUT2D eigenvalue weighted by Crippen LogP contribution is -2.13. The summed E-state index contributed by atoms with van der Waals surface area (Å²) in [5.41, 5.74) is 6.92. The molecule has 0 unspecified atom stereocenters. The molecular formula is C13H14N2O3. The number of H-pyrrole nitrogens is 1. The lowest BCUT2D eigenvalue weighted by Gasteiger charge is -2.04. The molecule has 2 heterocycles. The van der Waals surface area contributed by atoms with Crippen LogP contribution in [-0.2, 0) is 6.42 Å². The predicted octanol–water partition coefficient (Wildman–Crippen LogP) is 1.15. The van der Waals surface area contributed by atoms with E-state index < -0.39 is 0 Å². The number of hydrogen-bond donors (Lipinski definition) is 2. The molecule has 5 heteroatoms. The van der Waals surface area contributed by atoms with Crippen LogP contribution in [0, 0.1) is 0 Å². The monoisotopic (exact) mass is 246 g/mol. The molecule has 5 nitrogen and oxygen atoms in total. The van der Waals surface area contributed by atoms with Crippen molar-refractivity contribution in [2.75, 3.05) is 13.3 Å². The molecule has 3 N–H and O–H groups in total. The number of aromatic amines is 1. The fraction of sp³-hybridized carbons (Fsp3) is 0.308. The van der Waals surface area contributed by atoms with E-state index in [9.17, 15) is 4.79 Å². The lowest BCUT2D eigenvalue weighted by atomic mass is 10.1. The van der Waals surface area contributed by atoms with Gasteiger partial charge in [0.1, 0.15) is 0 Å². The van der Waals surface area contributed by atoms with Crippen molar-refractivity contribution in [2.24, 2.45) is 5.73 Å². The Morgan fingerprint density at radius 3 is 2.78 bits per heavy atom. The Balaban J connectivity index is 2.11. The molecular weight excluding hydrogens is 232 g/mol. The second-order valence-electron chi connectivity index (χ2n) is 4.31. The van der Waals surface area contributed by atoms with Gasteiger partial charge >= 0.3 is 0 Å². The zero-order valence-electron chi connectivity index (χ0n) is 9.86. The minimum atomic E-state index is -0.0604. The van der Waals surface area contributed by atoms with Gasteiger partial charge in [-0.3, -0.25) is 4.79 Å². The van der Waals surface area contributed by atoms with Gasteiger partial charge in [-0.15, -0.1) is 0 Å². The molecule has 0 amide bonds. The normalized spacial score (nSPS) is 13.2. The summed E-state index contributed by atoms with van der Waals surface area (Å²) in [6.07, 6.45) is 1.50. The van der Waals surface area contributed by atoms with Crippen molar-refractivity contribution in [3.8, 4) is 11.5 Å². The van der Waals surface area contributed by atoms with Crippen LogP contribution < -0.4 is 20.8 Å². The number of ether oxygens (including phenoxy) is 2. The number of rotatable bonds is 3. The molecule has 0 spiro atoms. The molecule has 0 radical (unpaired) electrons. The molecule has 0 atom stereocenters. The maximum absolute atomic E-state index is 11.9. The summed E-state index contributed by atoms with van der Waals surface area (Å²) >= 11 is 0. The highest BCUT2D eigenvalue weighted by Crippen LogP contribution is 2.35. The van der Waals surface area contributed by atoms with Gasteiger partial charge in [0.05, 0.1) is 5.52 Å². The topological polar surface area (TPSA) is 77.3 Å². The summed E-state index contributed by atoms with van der Waals surface area (Å²) in [6.45, 7) is 0.814. The second-order valence-corrected chi connectivity index (χ2v) is 4.31. The van der Waals surface area contributed by atoms with Crippen LogP contribution in [0.5, 0.6) is 11.5 Å². The number of hydrogen-bond acceptors (Lipinski definition) is 4. The fourth-order valence-corrected chi connectivity index (χ4v) is 2.12. The molecule has 2 aromatic rings. The molecule has 1 aliphatic rings. The molecule has 18 heavy (non-hydrogen) atoms. The number of pyridine rings is 1. The predicted molar refractivity (Wildman–Crippen MR) is 68.1 cm³/mol. The molecule has 94 valence electrons. The van der Waals surface area contributed by atoms with Crippen molar-refractivity contribution in [1.82, 2.24) is 4.98 Å². The van der Waals surface area contributed by atoms with Crippen molar-refractivity contribution < 1.29 is 9.47 Å². The first-order chi connectivity index (χ1) is 8.78.